The molecule has 0 amide bonds. The van der Waals surface area contributed by atoms with Crippen LogP contribution in [0.3, 0.4) is 0 Å². The van der Waals surface area contributed by atoms with Crippen LogP contribution in [-0.2, 0) is 10.2 Å². The van der Waals surface area contributed by atoms with Gasteiger partial charge < -0.3 is 25.0 Å². The number of rotatable bonds is 6. The monoisotopic (exact) mass is 429 g/mol. The SMILES string of the molecule is CCOCC(O)C[N+]12[C@H](O)[C@@H](CC)C3C[C@H]1[C@@H]1N(C)c4ccccc4[C@]14C[C@H]2C3[C@H]4O. The molecule has 1 spiro atoms. The summed E-state index contributed by atoms with van der Waals surface area (Å²) < 4.78 is 6.12. The number of nitrogens with zero attached hydrogens (tertiary/aromatic N) is 2. The van der Waals surface area contributed by atoms with Gasteiger partial charge in [-0.3, -0.25) is 4.48 Å². The maximum Gasteiger partial charge on any atom is 0.194 e. The molecule has 6 heteroatoms. The molecular formula is C25H37N2O4+. The van der Waals surface area contributed by atoms with Crippen molar-refractivity contribution in [1.29, 1.82) is 0 Å². The minimum Gasteiger partial charge on any atom is -0.392 e. The molecule has 1 aromatic carbocycles. The summed E-state index contributed by atoms with van der Waals surface area (Å²) in [6.45, 7) is 5.52. The summed E-state index contributed by atoms with van der Waals surface area (Å²) in [4.78, 5) is 2.39. The van der Waals surface area contributed by atoms with E-state index in [9.17, 15) is 15.3 Å². The minimum atomic E-state index is -0.607. The van der Waals surface area contributed by atoms with Crippen molar-refractivity contribution in [3.05, 3.63) is 29.8 Å². The van der Waals surface area contributed by atoms with E-state index in [1.54, 1.807) is 0 Å². The Morgan fingerprint density at radius 1 is 1.23 bits per heavy atom. The van der Waals surface area contributed by atoms with Gasteiger partial charge in [0.15, 0.2) is 6.23 Å². The fourth-order valence-corrected chi connectivity index (χ4v) is 9.43. The molecule has 5 bridgehead atoms. The van der Waals surface area contributed by atoms with Crippen molar-refractivity contribution in [2.24, 2.45) is 17.8 Å². The van der Waals surface area contributed by atoms with Crippen LogP contribution in [0, 0.1) is 17.8 Å². The molecule has 0 radical (unpaired) electrons. The smallest absolute Gasteiger partial charge is 0.194 e. The number of hydrogen-bond donors (Lipinski definition) is 3. The molecule has 7 rings (SSSR count). The lowest BCUT2D eigenvalue weighted by atomic mass is 9.60. The van der Waals surface area contributed by atoms with Gasteiger partial charge in [0.25, 0.3) is 0 Å². The van der Waals surface area contributed by atoms with Gasteiger partial charge in [0.05, 0.1) is 30.2 Å². The van der Waals surface area contributed by atoms with E-state index in [1.165, 1.54) is 11.3 Å². The number of para-hydroxylation sites is 1. The number of ether oxygens (including phenoxy) is 1. The number of anilines is 1. The quantitative estimate of drug-likeness (QED) is 0.598. The van der Waals surface area contributed by atoms with Crippen LogP contribution in [0.2, 0.25) is 0 Å². The van der Waals surface area contributed by atoms with E-state index in [0.29, 0.717) is 30.2 Å². The average molecular weight is 430 g/mol. The second kappa shape index (κ2) is 6.67. The second-order valence-corrected chi connectivity index (χ2v) is 10.9. The fourth-order valence-electron chi connectivity index (χ4n) is 9.43. The van der Waals surface area contributed by atoms with E-state index in [2.05, 4.69) is 43.1 Å². The molecular weight excluding hydrogens is 392 g/mol. The van der Waals surface area contributed by atoms with E-state index < -0.39 is 18.4 Å². The van der Waals surface area contributed by atoms with Gasteiger partial charge in [-0.25, -0.2) is 0 Å². The highest BCUT2D eigenvalue weighted by Crippen LogP contribution is 2.71. The van der Waals surface area contributed by atoms with E-state index in [4.69, 9.17) is 4.74 Å². The number of piperidine rings is 4. The topological polar surface area (TPSA) is 73.2 Å². The molecule has 0 aromatic heterocycles. The van der Waals surface area contributed by atoms with Crippen molar-refractivity contribution in [1.82, 2.24) is 0 Å². The molecule has 4 unspecified atom stereocenters. The van der Waals surface area contributed by atoms with Crippen LogP contribution >= 0.6 is 0 Å². The number of quaternary nitrogens is 1. The molecule has 5 fully saturated rings. The van der Waals surface area contributed by atoms with Gasteiger partial charge in [-0.15, -0.1) is 0 Å². The largest absolute Gasteiger partial charge is 0.392 e. The molecule has 5 aliphatic heterocycles. The third-order valence-corrected chi connectivity index (χ3v) is 10.2. The number of likely N-dealkylation sites (N-methyl/N-ethyl adjacent to an activating group) is 1. The summed E-state index contributed by atoms with van der Waals surface area (Å²) in [7, 11) is 2.17. The molecule has 4 saturated heterocycles. The first kappa shape index (κ1) is 20.4. The first-order chi connectivity index (χ1) is 14.9. The van der Waals surface area contributed by atoms with Crippen molar-refractivity contribution in [2.45, 2.75) is 75.1 Å². The Labute approximate surface area is 185 Å². The van der Waals surface area contributed by atoms with Gasteiger partial charge in [0, 0.05) is 44.0 Å². The van der Waals surface area contributed by atoms with E-state index in [0.717, 1.165) is 19.3 Å². The van der Waals surface area contributed by atoms with Crippen LogP contribution in [-0.4, -0.2) is 83.2 Å². The number of aliphatic hydroxyl groups excluding tert-OH is 3. The van der Waals surface area contributed by atoms with Crippen LogP contribution in [0.4, 0.5) is 5.69 Å². The summed E-state index contributed by atoms with van der Waals surface area (Å²) in [5.41, 5.74) is 2.27. The third-order valence-electron chi connectivity index (χ3n) is 10.2. The van der Waals surface area contributed by atoms with E-state index in [1.807, 2.05) is 6.92 Å². The molecule has 11 atom stereocenters. The van der Waals surface area contributed by atoms with Gasteiger partial charge in [-0.05, 0) is 30.9 Å². The van der Waals surface area contributed by atoms with Gasteiger partial charge in [0.2, 0.25) is 0 Å². The predicted octanol–water partition coefficient (Wildman–Crippen LogP) is 1.47. The predicted molar refractivity (Wildman–Crippen MR) is 118 cm³/mol. The number of hydrogen-bond acceptors (Lipinski definition) is 5. The summed E-state index contributed by atoms with van der Waals surface area (Å²) in [5, 5.41) is 34.9. The van der Waals surface area contributed by atoms with Gasteiger partial charge in [-0.2, -0.15) is 0 Å². The normalized spacial score (nSPS) is 49.4. The molecule has 1 aromatic rings. The van der Waals surface area contributed by atoms with E-state index >= 15 is 0 Å². The molecule has 6 nitrogen and oxygen atoms in total. The van der Waals surface area contributed by atoms with Gasteiger partial charge >= 0.3 is 0 Å². The molecule has 1 saturated carbocycles. The lowest BCUT2D eigenvalue weighted by Crippen LogP contribution is -2.83. The van der Waals surface area contributed by atoms with Gasteiger partial charge in [0.1, 0.15) is 18.7 Å². The van der Waals surface area contributed by atoms with Crippen LogP contribution in [0.1, 0.15) is 38.7 Å². The van der Waals surface area contributed by atoms with E-state index in [-0.39, 0.29) is 35.4 Å². The zero-order valence-corrected chi connectivity index (χ0v) is 18.9. The molecule has 31 heavy (non-hydrogen) atoms. The first-order valence-electron chi connectivity index (χ1n) is 12.2. The van der Waals surface area contributed by atoms with Crippen molar-refractivity contribution in [3.63, 3.8) is 0 Å². The zero-order chi connectivity index (χ0) is 21.7. The standard InChI is InChI=1S/C25H37N2O4/c1-4-15-16-10-19-22-25(17-8-6-7-9-18(17)26(22)3)11-20(21(16)23(25)29)27(19,24(15)30)12-14(28)13-31-5-2/h6-9,14-16,19-24,28-30H,4-5,10-13H2,1-3H3/q+1/t14?,15-,16?,19-,20-,21?,22-,23+,24+,25+,27?/m0/s1. The van der Waals surface area contributed by atoms with Crippen molar-refractivity contribution in [3.8, 4) is 0 Å². The Balaban J connectivity index is 1.52. The highest BCUT2D eigenvalue weighted by Gasteiger charge is 2.83. The molecule has 6 aliphatic rings. The lowest BCUT2D eigenvalue weighted by molar-refractivity contribution is -1.04. The molecule has 1 aliphatic carbocycles. The summed E-state index contributed by atoms with van der Waals surface area (Å²) in [5.74, 6) is 0.731. The maximum absolute atomic E-state index is 12.0. The van der Waals surface area contributed by atoms with Crippen molar-refractivity contribution in [2.75, 3.05) is 31.7 Å². The Kier molecular flexibility index (Phi) is 4.40. The maximum atomic E-state index is 12.0. The van der Waals surface area contributed by atoms with Crippen LogP contribution < -0.4 is 4.90 Å². The van der Waals surface area contributed by atoms with Crippen LogP contribution in [0.5, 0.6) is 0 Å². The minimum absolute atomic E-state index is 0.151. The average Bonchev–Trinajstić information content (AvgIpc) is 3.15. The first-order valence-corrected chi connectivity index (χ1v) is 12.2. The summed E-state index contributed by atoms with van der Waals surface area (Å²) >= 11 is 0. The van der Waals surface area contributed by atoms with Crippen LogP contribution in [0.15, 0.2) is 24.3 Å². The Morgan fingerprint density at radius 3 is 2.74 bits per heavy atom. The lowest BCUT2D eigenvalue weighted by Gasteiger charge is -2.68. The second-order valence-electron chi connectivity index (χ2n) is 10.9. The molecule has 3 N–H and O–H groups in total. The third kappa shape index (κ3) is 2.17. The number of benzene rings is 1. The van der Waals surface area contributed by atoms with Gasteiger partial charge in [-0.1, -0.05) is 25.1 Å². The summed E-state index contributed by atoms with van der Waals surface area (Å²) in [6.07, 6.45) is 1.36. The van der Waals surface area contributed by atoms with Crippen molar-refractivity contribution >= 4 is 5.69 Å². The molecule has 5 heterocycles. The van der Waals surface area contributed by atoms with Crippen molar-refractivity contribution < 1.29 is 24.5 Å². The van der Waals surface area contributed by atoms with Crippen LogP contribution in [0.25, 0.3) is 0 Å². The highest BCUT2D eigenvalue weighted by atomic mass is 16.5. The Bertz CT molecular complexity index is 881. The number of aliphatic hydroxyl groups is 3. The zero-order valence-electron chi connectivity index (χ0n) is 18.9. The Hall–Kier alpha value is -1.18. The highest BCUT2D eigenvalue weighted by molar-refractivity contribution is 5.66. The number of fused-ring (bicyclic) bond motifs is 2. The summed E-state index contributed by atoms with van der Waals surface area (Å²) in [6, 6.07) is 9.16. The fraction of sp³-hybridized carbons (Fsp3) is 0.760. The Morgan fingerprint density at radius 2 is 2.00 bits per heavy atom. The molecule has 170 valence electrons.